The summed E-state index contributed by atoms with van der Waals surface area (Å²) in [6, 6.07) is 3.88. The Balaban J connectivity index is 1.29. The fourth-order valence-corrected chi connectivity index (χ4v) is 5.75. The van der Waals surface area contributed by atoms with Gasteiger partial charge >= 0.3 is 0 Å². The lowest BCUT2D eigenvalue weighted by molar-refractivity contribution is -0.124. The molecular formula is C25H32N6O2. The first-order valence-electron chi connectivity index (χ1n) is 12.0. The molecule has 0 bridgehead atoms. The first kappa shape index (κ1) is 20.9. The standard InChI is InChI=1S/C25H32N6O2/c1-14-9-17(30(4)24(32)15(2)31-5-7-33-8-6-31)11-19-21(14)27-23(26-19)22-18-10-16-12-25(16,3)13-20(18)28-29-22/h9,11,15-16H,5-8,10,12-13H2,1-4H3,(H,26,27)(H,28,29)/t15-,16+,25+/m0/s1. The normalized spacial score (nSPS) is 25.5. The maximum absolute atomic E-state index is 13.2. The van der Waals surface area contributed by atoms with E-state index in [1.807, 2.05) is 20.0 Å². The molecule has 3 aromatic rings. The smallest absolute Gasteiger partial charge is 0.243 e. The molecule has 2 aromatic heterocycles. The number of aromatic nitrogens is 4. The second-order valence-electron chi connectivity index (χ2n) is 10.4. The molecule has 2 fully saturated rings. The number of hydrogen-bond donors (Lipinski definition) is 2. The molecule has 1 saturated carbocycles. The molecule has 1 saturated heterocycles. The van der Waals surface area contributed by atoms with Crippen LogP contribution in [-0.2, 0) is 22.4 Å². The van der Waals surface area contributed by atoms with Crippen molar-refractivity contribution in [2.45, 2.75) is 46.1 Å². The number of likely N-dealkylation sites (N-methyl/N-ethyl adjacent to an activating group) is 1. The minimum absolute atomic E-state index is 0.0836. The lowest BCUT2D eigenvalue weighted by Gasteiger charge is -2.33. The summed E-state index contributed by atoms with van der Waals surface area (Å²) < 4.78 is 5.43. The molecule has 174 valence electrons. The minimum Gasteiger partial charge on any atom is -0.379 e. The van der Waals surface area contributed by atoms with Crippen molar-refractivity contribution in [1.82, 2.24) is 25.1 Å². The average molecular weight is 449 g/mol. The second kappa shape index (κ2) is 7.40. The van der Waals surface area contributed by atoms with E-state index in [9.17, 15) is 4.79 Å². The summed E-state index contributed by atoms with van der Waals surface area (Å²) in [4.78, 5) is 25.6. The molecule has 3 heterocycles. The largest absolute Gasteiger partial charge is 0.379 e. The SMILES string of the molecule is Cc1cc(N(C)C(=O)[C@H](C)N2CCOCC2)cc2nc(-c3n[nH]c4c3C[C@@H]3C[C@]3(C)C4)[nH]c12. The molecule has 1 aliphatic heterocycles. The summed E-state index contributed by atoms with van der Waals surface area (Å²) >= 11 is 0. The van der Waals surface area contributed by atoms with Crippen molar-refractivity contribution in [3.8, 4) is 11.5 Å². The molecule has 2 N–H and O–H groups in total. The fraction of sp³-hybridized carbons (Fsp3) is 0.560. The van der Waals surface area contributed by atoms with E-state index in [0.717, 1.165) is 65.7 Å². The van der Waals surface area contributed by atoms with Gasteiger partial charge in [-0.15, -0.1) is 0 Å². The minimum atomic E-state index is -0.187. The Morgan fingerprint density at radius 1 is 1.33 bits per heavy atom. The number of ether oxygens (including phenoxy) is 1. The van der Waals surface area contributed by atoms with Crippen molar-refractivity contribution in [3.05, 3.63) is 29.0 Å². The predicted molar refractivity (Wildman–Crippen MR) is 127 cm³/mol. The van der Waals surface area contributed by atoms with Crippen molar-refractivity contribution in [3.63, 3.8) is 0 Å². The number of amides is 1. The number of aromatic amines is 2. The molecule has 0 spiro atoms. The van der Waals surface area contributed by atoms with Crippen LogP contribution in [0, 0.1) is 18.3 Å². The molecule has 8 heteroatoms. The first-order chi connectivity index (χ1) is 15.8. The summed E-state index contributed by atoms with van der Waals surface area (Å²) in [5.41, 5.74) is 7.79. The third kappa shape index (κ3) is 3.38. The highest BCUT2D eigenvalue weighted by Gasteiger charge is 2.53. The van der Waals surface area contributed by atoms with E-state index in [2.05, 4.69) is 40.0 Å². The van der Waals surface area contributed by atoms with Crippen molar-refractivity contribution in [1.29, 1.82) is 0 Å². The molecule has 6 rings (SSSR count). The number of nitrogens with zero attached hydrogens (tertiary/aromatic N) is 4. The van der Waals surface area contributed by atoms with Gasteiger partial charge in [0.05, 0.1) is 30.3 Å². The summed E-state index contributed by atoms with van der Waals surface area (Å²) in [6.45, 7) is 9.36. The van der Waals surface area contributed by atoms with Gasteiger partial charge in [-0.2, -0.15) is 5.10 Å². The molecule has 3 atom stereocenters. The van der Waals surface area contributed by atoms with Gasteiger partial charge in [-0.05, 0) is 62.1 Å². The molecule has 8 nitrogen and oxygen atoms in total. The van der Waals surface area contributed by atoms with Gasteiger partial charge in [-0.1, -0.05) is 6.92 Å². The van der Waals surface area contributed by atoms with Crippen LogP contribution < -0.4 is 4.90 Å². The van der Waals surface area contributed by atoms with Gasteiger partial charge in [0.1, 0.15) is 5.69 Å². The Morgan fingerprint density at radius 2 is 2.12 bits per heavy atom. The molecule has 0 unspecified atom stereocenters. The molecule has 1 aromatic carbocycles. The maximum Gasteiger partial charge on any atom is 0.243 e. The van der Waals surface area contributed by atoms with E-state index in [-0.39, 0.29) is 11.9 Å². The van der Waals surface area contributed by atoms with Gasteiger partial charge in [0, 0.05) is 37.1 Å². The summed E-state index contributed by atoms with van der Waals surface area (Å²) in [6.07, 6.45) is 3.47. The summed E-state index contributed by atoms with van der Waals surface area (Å²) in [5.74, 6) is 1.66. The third-order valence-corrected chi connectivity index (χ3v) is 8.19. The van der Waals surface area contributed by atoms with E-state index in [0.29, 0.717) is 18.6 Å². The average Bonchev–Trinajstić information content (AvgIpc) is 3.11. The number of carbonyl (C=O) groups excluding carboxylic acids is 1. The maximum atomic E-state index is 13.2. The van der Waals surface area contributed by atoms with Crippen molar-refractivity contribution < 1.29 is 9.53 Å². The number of hydrogen-bond acceptors (Lipinski definition) is 5. The van der Waals surface area contributed by atoms with Crippen LogP contribution in [0.15, 0.2) is 12.1 Å². The Morgan fingerprint density at radius 3 is 2.91 bits per heavy atom. The number of nitrogens with one attached hydrogen (secondary N) is 2. The van der Waals surface area contributed by atoms with E-state index < -0.39 is 0 Å². The highest BCUT2D eigenvalue weighted by molar-refractivity contribution is 5.98. The monoisotopic (exact) mass is 448 g/mol. The van der Waals surface area contributed by atoms with Crippen molar-refractivity contribution >= 4 is 22.6 Å². The lowest BCUT2D eigenvalue weighted by Crippen LogP contribution is -2.50. The van der Waals surface area contributed by atoms with Gasteiger partial charge in [-0.25, -0.2) is 4.98 Å². The zero-order valence-electron chi connectivity index (χ0n) is 19.9. The van der Waals surface area contributed by atoms with Crippen LogP contribution in [-0.4, -0.2) is 70.4 Å². The second-order valence-corrected chi connectivity index (χ2v) is 10.4. The number of anilines is 1. The van der Waals surface area contributed by atoms with Gasteiger partial charge in [-0.3, -0.25) is 14.8 Å². The van der Waals surface area contributed by atoms with E-state index in [1.165, 1.54) is 17.7 Å². The third-order valence-electron chi connectivity index (χ3n) is 8.19. The number of benzene rings is 1. The molecular weight excluding hydrogens is 416 g/mol. The highest BCUT2D eigenvalue weighted by Crippen LogP contribution is 2.59. The number of fused-ring (bicyclic) bond motifs is 3. The molecule has 0 radical (unpaired) electrons. The Bertz CT molecular complexity index is 1240. The van der Waals surface area contributed by atoms with Crippen LogP contribution in [0.5, 0.6) is 0 Å². The van der Waals surface area contributed by atoms with Gasteiger partial charge in [0.25, 0.3) is 0 Å². The van der Waals surface area contributed by atoms with Crippen LogP contribution in [0.3, 0.4) is 0 Å². The number of aryl methyl sites for hydroxylation is 1. The number of H-pyrrole nitrogens is 2. The summed E-state index contributed by atoms with van der Waals surface area (Å²) in [7, 11) is 1.85. The fourth-order valence-electron chi connectivity index (χ4n) is 5.75. The number of imidazole rings is 1. The highest BCUT2D eigenvalue weighted by atomic mass is 16.5. The Labute approximate surface area is 193 Å². The van der Waals surface area contributed by atoms with Crippen molar-refractivity contribution in [2.24, 2.45) is 11.3 Å². The molecule has 3 aliphatic rings. The number of rotatable bonds is 4. The van der Waals surface area contributed by atoms with Crippen LogP contribution in [0.25, 0.3) is 22.6 Å². The van der Waals surface area contributed by atoms with Gasteiger partial charge in [0.15, 0.2) is 5.82 Å². The topological polar surface area (TPSA) is 90.1 Å². The Kier molecular flexibility index (Phi) is 4.68. The van der Waals surface area contributed by atoms with Crippen LogP contribution in [0.1, 0.15) is 37.1 Å². The van der Waals surface area contributed by atoms with Crippen molar-refractivity contribution in [2.75, 3.05) is 38.3 Å². The van der Waals surface area contributed by atoms with E-state index in [1.54, 1.807) is 4.90 Å². The van der Waals surface area contributed by atoms with Crippen LogP contribution >= 0.6 is 0 Å². The first-order valence-corrected chi connectivity index (χ1v) is 12.0. The number of carbonyl (C=O) groups is 1. The lowest BCUT2D eigenvalue weighted by atomic mass is 9.88. The van der Waals surface area contributed by atoms with Gasteiger partial charge in [0.2, 0.25) is 5.91 Å². The van der Waals surface area contributed by atoms with E-state index >= 15 is 0 Å². The zero-order chi connectivity index (χ0) is 22.9. The van der Waals surface area contributed by atoms with E-state index in [4.69, 9.17) is 9.72 Å². The number of morpholine rings is 1. The van der Waals surface area contributed by atoms with Crippen LogP contribution in [0.2, 0.25) is 0 Å². The zero-order valence-corrected chi connectivity index (χ0v) is 19.9. The van der Waals surface area contributed by atoms with Crippen LogP contribution in [0.4, 0.5) is 5.69 Å². The Hall–Kier alpha value is -2.71. The molecule has 1 amide bonds. The predicted octanol–water partition coefficient (Wildman–Crippen LogP) is 3.07. The quantitative estimate of drug-likeness (QED) is 0.640. The molecule has 33 heavy (non-hydrogen) atoms. The van der Waals surface area contributed by atoms with Gasteiger partial charge < -0.3 is 14.6 Å². The summed E-state index contributed by atoms with van der Waals surface area (Å²) in [5, 5.41) is 7.92. The molecule has 2 aliphatic carbocycles.